The predicted molar refractivity (Wildman–Crippen MR) is 63.9 cm³/mol. The Morgan fingerprint density at radius 2 is 2.38 bits per heavy atom. The first kappa shape index (κ1) is 11.7. The maximum absolute atomic E-state index is 9.46. The van der Waals surface area contributed by atoms with Crippen molar-refractivity contribution in [2.45, 2.75) is 19.1 Å². The van der Waals surface area contributed by atoms with Crippen molar-refractivity contribution >= 4 is 11.6 Å². The number of aliphatic hydroxyl groups excluding tert-OH is 1. The van der Waals surface area contributed by atoms with E-state index in [2.05, 4.69) is 4.90 Å². The molecule has 1 atom stereocenters. The van der Waals surface area contributed by atoms with Crippen molar-refractivity contribution in [3.8, 4) is 5.75 Å². The molecule has 1 aliphatic rings. The molecule has 0 bridgehead atoms. The predicted octanol–water partition coefficient (Wildman–Crippen LogP) is 1.92. The highest BCUT2D eigenvalue weighted by atomic mass is 35.5. The van der Waals surface area contributed by atoms with Crippen molar-refractivity contribution in [2.75, 3.05) is 20.2 Å². The van der Waals surface area contributed by atoms with Crippen LogP contribution in [0, 0.1) is 0 Å². The van der Waals surface area contributed by atoms with Crippen LogP contribution in [-0.2, 0) is 6.54 Å². The molecule has 4 heteroatoms. The lowest BCUT2D eigenvalue weighted by Gasteiger charge is -2.17. The van der Waals surface area contributed by atoms with Gasteiger partial charge in [-0.3, -0.25) is 4.90 Å². The highest BCUT2D eigenvalue weighted by molar-refractivity contribution is 6.30. The normalized spacial score (nSPS) is 21.3. The number of rotatable bonds is 3. The average molecular weight is 242 g/mol. The third-order valence-electron chi connectivity index (χ3n) is 2.88. The highest BCUT2D eigenvalue weighted by Crippen LogP contribution is 2.25. The molecule has 1 aromatic carbocycles. The molecule has 0 aromatic heterocycles. The zero-order chi connectivity index (χ0) is 11.5. The maximum atomic E-state index is 9.46. The smallest absolute Gasteiger partial charge is 0.123 e. The van der Waals surface area contributed by atoms with Crippen LogP contribution >= 0.6 is 11.6 Å². The van der Waals surface area contributed by atoms with E-state index in [4.69, 9.17) is 16.3 Å². The Labute approximate surface area is 101 Å². The summed E-state index contributed by atoms with van der Waals surface area (Å²) in [5.74, 6) is 0.853. The Balaban J connectivity index is 2.10. The lowest BCUT2D eigenvalue weighted by Crippen LogP contribution is -2.21. The largest absolute Gasteiger partial charge is 0.496 e. The minimum absolute atomic E-state index is 0.190. The summed E-state index contributed by atoms with van der Waals surface area (Å²) in [6.07, 6.45) is 0.660. The molecule has 1 saturated heterocycles. The van der Waals surface area contributed by atoms with Gasteiger partial charge in [0.1, 0.15) is 5.75 Å². The van der Waals surface area contributed by atoms with E-state index in [0.717, 1.165) is 42.4 Å². The summed E-state index contributed by atoms with van der Waals surface area (Å²) in [6.45, 7) is 2.44. The number of hydrogen-bond acceptors (Lipinski definition) is 3. The van der Waals surface area contributed by atoms with E-state index < -0.39 is 0 Å². The molecule has 0 spiro atoms. The Kier molecular flexibility index (Phi) is 3.69. The lowest BCUT2D eigenvalue weighted by atomic mass is 10.2. The Bertz CT molecular complexity index is 370. The fraction of sp³-hybridized carbons (Fsp3) is 0.500. The van der Waals surface area contributed by atoms with Gasteiger partial charge in [0.05, 0.1) is 13.2 Å². The van der Waals surface area contributed by atoms with Gasteiger partial charge in [0.15, 0.2) is 0 Å². The van der Waals surface area contributed by atoms with Gasteiger partial charge in [0, 0.05) is 30.2 Å². The molecule has 0 saturated carbocycles. The highest BCUT2D eigenvalue weighted by Gasteiger charge is 2.21. The first-order valence-corrected chi connectivity index (χ1v) is 5.79. The van der Waals surface area contributed by atoms with Crippen LogP contribution in [0.5, 0.6) is 5.75 Å². The van der Waals surface area contributed by atoms with E-state index in [0.29, 0.717) is 0 Å². The molecule has 1 heterocycles. The quantitative estimate of drug-likeness (QED) is 0.878. The Morgan fingerprint density at radius 1 is 1.56 bits per heavy atom. The van der Waals surface area contributed by atoms with Crippen LogP contribution in [0.3, 0.4) is 0 Å². The minimum Gasteiger partial charge on any atom is -0.496 e. The molecule has 1 aliphatic heterocycles. The SMILES string of the molecule is COc1ccc(Cl)cc1CN1CC[C@@H](O)C1. The molecule has 0 aliphatic carbocycles. The number of methoxy groups -OCH3 is 1. The third-order valence-corrected chi connectivity index (χ3v) is 3.12. The van der Waals surface area contributed by atoms with Gasteiger partial charge in [-0.25, -0.2) is 0 Å². The van der Waals surface area contributed by atoms with Gasteiger partial charge >= 0.3 is 0 Å². The van der Waals surface area contributed by atoms with E-state index in [-0.39, 0.29) is 6.10 Å². The number of ether oxygens (including phenoxy) is 1. The molecule has 1 N–H and O–H groups in total. The van der Waals surface area contributed by atoms with Crippen molar-refractivity contribution in [3.63, 3.8) is 0 Å². The van der Waals surface area contributed by atoms with Crippen molar-refractivity contribution in [3.05, 3.63) is 28.8 Å². The molecular weight excluding hydrogens is 226 g/mol. The zero-order valence-corrected chi connectivity index (χ0v) is 10.1. The van der Waals surface area contributed by atoms with E-state index in [1.807, 2.05) is 18.2 Å². The fourth-order valence-electron chi connectivity index (χ4n) is 2.07. The summed E-state index contributed by atoms with van der Waals surface area (Å²) >= 11 is 5.96. The zero-order valence-electron chi connectivity index (χ0n) is 9.32. The maximum Gasteiger partial charge on any atom is 0.123 e. The summed E-state index contributed by atoms with van der Waals surface area (Å²) in [4.78, 5) is 2.21. The van der Waals surface area contributed by atoms with Gasteiger partial charge in [0.2, 0.25) is 0 Å². The standard InChI is InChI=1S/C12H16ClNO2/c1-16-12-3-2-10(13)6-9(12)7-14-5-4-11(15)8-14/h2-3,6,11,15H,4-5,7-8H2,1H3/t11-/m1/s1. The van der Waals surface area contributed by atoms with Gasteiger partial charge in [-0.15, -0.1) is 0 Å². The summed E-state index contributed by atoms with van der Waals surface area (Å²) in [6, 6.07) is 5.62. The van der Waals surface area contributed by atoms with Gasteiger partial charge < -0.3 is 9.84 Å². The van der Waals surface area contributed by atoms with Crippen LogP contribution in [0.2, 0.25) is 5.02 Å². The summed E-state index contributed by atoms with van der Waals surface area (Å²) < 4.78 is 5.29. The van der Waals surface area contributed by atoms with E-state index in [9.17, 15) is 5.11 Å². The summed E-state index contributed by atoms with van der Waals surface area (Å²) in [5, 5.41) is 10.2. The number of benzene rings is 1. The second-order valence-electron chi connectivity index (χ2n) is 4.13. The van der Waals surface area contributed by atoms with Crippen LogP contribution in [0.4, 0.5) is 0 Å². The number of nitrogens with zero attached hydrogens (tertiary/aromatic N) is 1. The number of likely N-dealkylation sites (tertiary alicyclic amines) is 1. The van der Waals surface area contributed by atoms with Crippen LogP contribution < -0.4 is 4.74 Å². The molecule has 1 fully saturated rings. The second kappa shape index (κ2) is 5.04. The molecule has 1 aromatic rings. The van der Waals surface area contributed by atoms with Gasteiger partial charge in [-0.05, 0) is 24.6 Å². The van der Waals surface area contributed by atoms with Crippen LogP contribution in [0.1, 0.15) is 12.0 Å². The summed E-state index contributed by atoms with van der Waals surface area (Å²) in [5.41, 5.74) is 1.07. The van der Waals surface area contributed by atoms with Gasteiger partial charge in [-0.2, -0.15) is 0 Å². The van der Waals surface area contributed by atoms with E-state index in [1.54, 1.807) is 7.11 Å². The van der Waals surface area contributed by atoms with E-state index in [1.165, 1.54) is 0 Å². The monoisotopic (exact) mass is 241 g/mol. The average Bonchev–Trinajstić information content (AvgIpc) is 2.64. The lowest BCUT2D eigenvalue weighted by molar-refractivity contribution is 0.174. The molecule has 2 rings (SSSR count). The van der Waals surface area contributed by atoms with Crippen molar-refractivity contribution in [1.29, 1.82) is 0 Å². The molecule has 0 unspecified atom stereocenters. The molecule has 88 valence electrons. The number of β-amino-alcohol motifs (C(OH)–C–C–N with tert-alkyl or cyclic N) is 1. The number of aliphatic hydroxyl groups is 1. The number of halogens is 1. The van der Waals surface area contributed by atoms with Crippen LogP contribution in [0.25, 0.3) is 0 Å². The molecule has 3 nitrogen and oxygen atoms in total. The Hall–Kier alpha value is -0.770. The van der Waals surface area contributed by atoms with Crippen molar-refractivity contribution in [2.24, 2.45) is 0 Å². The molecule has 0 radical (unpaired) electrons. The molecular formula is C12H16ClNO2. The molecule has 0 amide bonds. The third kappa shape index (κ3) is 2.67. The second-order valence-corrected chi connectivity index (χ2v) is 4.57. The van der Waals surface area contributed by atoms with Crippen molar-refractivity contribution < 1.29 is 9.84 Å². The van der Waals surface area contributed by atoms with Gasteiger partial charge in [0.25, 0.3) is 0 Å². The topological polar surface area (TPSA) is 32.7 Å². The summed E-state index contributed by atoms with van der Waals surface area (Å²) in [7, 11) is 1.66. The fourth-order valence-corrected chi connectivity index (χ4v) is 2.26. The van der Waals surface area contributed by atoms with Gasteiger partial charge in [-0.1, -0.05) is 11.6 Å². The Morgan fingerprint density at radius 3 is 3.00 bits per heavy atom. The van der Waals surface area contributed by atoms with E-state index >= 15 is 0 Å². The van der Waals surface area contributed by atoms with Crippen LogP contribution in [0.15, 0.2) is 18.2 Å². The first-order valence-electron chi connectivity index (χ1n) is 5.42. The number of hydrogen-bond donors (Lipinski definition) is 1. The minimum atomic E-state index is -0.190. The molecule has 16 heavy (non-hydrogen) atoms. The van der Waals surface area contributed by atoms with Crippen LogP contribution in [-0.4, -0.2) is 36.3 Å². The first-order chi connectivity index (χ1) is 7.69. The van der Waals surface area contributed by atoms with Crippen molar-refractivity contribution in [1.82, 2.24) is 4.90 Å².